The lowest BCUT2D eigenvalue weighted by atomic mass is 10.1. The third-order valence-corrected chi connectivity index (χ3v) is 2.57. The first-order valence-corrected chi connectivity index (χ1v) is 7.13. The van der Waals surface area contributed by atoms with Crippen LogP contribution in [0.15, 0.2) is 34.9 Å². The smallest absolute Gasteiger partial charge is 0.229 e. The molecule has 20 heavy (non-hydrogen) atoms. The first-order valence-electron chi connectivity index (χ1n) is 5.90. The SMILES string of the molecule is CC[n+]1oc(-c2ccc(C)cc2)cc1C.[O-][Cl+3]([O-])([O-])[O-]. The molecule has 1 heterocycles. The maximum atomic E-state index is 8.49. The van der Waals surface area contributed by atoms with Crippen LogP contribution in [0.25, 0.3) is 11.3 Å². The van der Waals surface area contributed by atoms with E-state index in [9.17, 15) is 0 Å². The van der Waals surface area contributed by atoms with Crippen molar-refractivity contribution in [2.45, 2.75) is 27.3 Å². The summed E-state index contributed by atoms with van der Waals surface area (Å²) in [7, 11) is -4.94. The number of halogens is 1. The molecule has 110 valence electrons. The topological polar surface area (TPSA) is 109 Å². The number of benzene rings is 1. The van der Waals surface area contributed by atoms with Crippen LogP contribution < -0.4 is 23.4 Å². The Labute approximate surface area is 119 Å². The summed E-state index contributed by atoms with van der Waals surface area (Å²) in [5, 5.41) is 0. The van der Waals surface area contributed by atoms with Crippen LogP contribution in [0.4, 0.5) is 0 Å². The van der Waals surface area contributed by atoms with Crippen LogP contribution in [0.3, 0.4) is 0 Å². The predicted molar refractivity (Wildman–Crippen MR) is 59.5 cm³/mol. The molecule has 7 heteroatoms. The number of rotatable bonds is 2. The molecule has 0 saturated carbocycles. The lowest BCUT2D eigenvalue weighted by Crippen LogP contribution is -2.68. The molecule has 0 N–H and O–H groups in total. The van der Waals surface area contributed by atoms with E-state index in [1.807, 2.05) is 4.74 Å². The Morgan fingerprint density at radius 2 is 1.55 bits per heavy atom. The van der Waals surface area contributed by atoms with Crippen molar-refractivity contribution in [1.82, 2.24) is 0 Å². The molecule has 0 fully saturated rings. The van der Waals surface area contributed by atoms with Gasteiger partial charge in [0, 0.05) is 12.5 Å². The van der Waals surface area contributed by atoms with Gasteiger partial charge < -0.3 is 0 Å². The van der Waals surface area contributed by atoms with E-state index in [-0.39, 0.29) is 0 Å². The van der Waals surface area contributed by atoms with Crippen molar-refractivity contribution in [2.75, 3.05) is 0 Å². The van der Waals surface area contributed by atoms with E-state index < -0.39 is 10.2 Å². The molecule has 0 unspecified atom stereocenters. The third-order valence-electron chi connectivity index (χ3n) is 2.57. The van der Waals surface area contributed by atoms with Gasteiger partial charge in [0.25, 0.3) is 0 Å². The zero-order valence-corrected chi connectivity index (χ0v) is 12.2. The molecule has 2 rings (SSSR count). The van der Waals surface area contributed by atoms with Crippen molar-refractivity contribution in [3.05, 3.63) is 41.6 Å². The lowest BCUT2D eigenvalue weighted by molar-refractivity contribution is -2.00. The highest BCUT2D eigenvalue weighted by Crippen LogP contribution is 2.19. The fourth-order valence-electron chi connectivity index (χ4n) is 1.65. The molecular formula is C13H16ClNO5. The van der Waals surface area contributed by atoms with Gasteiger partial charge in [0.2, 0.25) is 11.5 Å². The van der Waals surface area contributed by atoms with Gasteiger partial charge in [-0.25, -0.2) is 23.2 Å². The highest BCUT2D eigenvalue weighted by Gasteiger charge is 2.14. The van der Waals surface area contributed by atoms with Gasteiger partial charge in [0.1, 0.15) is 0 Å². The Hall–Kier alpha value is -1.44. The largest absolute Gasteiger partial charge is 0.236 e. The minimum atomic E-state index is -4.94. The van der Waals surface area contributed by atoms with Gasteiger partial charge in [-0.15, -0.1) is 10.2 Å². The molecular weight excluding hydrogens is 286 g/mol. The summed E-state index contributed by atoms with van der Waals surface area (Å²) in [5.74, 6) is 0.939. The second-order valence-electron chi connectivity index (χ2n) is 4.18. The van der Waals surface area contributed by atoms with Crippen molar-refractivity contribution in [1.29, 1.82) is 0 Å². The molecule has 6 nitrogen and oxygen atoms in total. The minimum absolute atomic E-state index is 0.873. The highest BCUT2D eigenvalue weighted by molar-refractivity contribution is 5.57. The van der Waals surface area contributed by atoms with Crippen LogP contribution in [0.1, 0.15) is 18.2 Å². The van der Waals surface area contributed by atoms with Crippen molar-refractivity contribution in [2.24, 2.45) is 0 Å². The molecule has 0 bridgehead atoms. The summed E-state index contributed by atoms with van der Waals surface area (Å²) >= 11 is 0. The zero-order valence-electron chi connectivity index (χ0n) is 11.5. The van der Waals surface area contributed by atoms with Crippen LogP contribution in [0.2, 0.25) is 0 Å². The minimum Gasteiger partial charge on any atom is -0.236 e. The lowest BCUT2D eigenvalue weighted by Gasteiger charge is -2.17. The first kappa shape index (κ1) is 16.6. The summed E-state index contributed by atoms with van der Waals surface area (Å²) in [4.78, 5) is 0. The maximum Gasteiger partial charge on any atom is 0.229 e. The van der Waals surface area contributed by atoms with E-state index in [2.05, 4.69) is 51.1 Å². The molecule has 0 amide bonds. The molecule has 0 aliphatic rings. The number of aryl methyl sites for hydroxylation is 3. The Bertz CT molecular complexity index is 539. The Kier molecular flexibility index (Phi) is 5.67. The zero-order chi connectivity index (χ0) is 15.3. The monoisotopic (exact) mass is 301 g/mol. The Morgan fingerprint density at radius 3 is 1.95 bits per heavy atom. The van der Waals surface area contributed by atoms with Gasteiger partial charge in [0.05, 0.1) is 6.07 Å². The van der Waals surface area contributed by atoms with Gasteiger partial charge in [-0.3, -0.25) is 0 Å². The molecule has 0 aliphatic heterocycles. The summed E-state index contributed by atoms with van der Waals surface area (Å²) in [5.41, 5.74) is 3.56. The molecule has 0 atom stereocenters. The van der Waals surface area contributed by atoms with Crippen LogP contribution >= 0.6 is 0 Å². The van der Waals surface area contributed by atoms with E-state index in [4.69, 9.17) is 23.2 Å². The van der Waals surface area contributed by atoms with Gasteiger partial charge in [-0.05, 0) is 18.6 Å². The number of hydrogen-bond donors (Lipinski definition) is 0. The van der Waals surface area contributed by atoms with Crippen LogP contribution in [0, 0.1) is 24.1 Å². The maximum absolute atomic E-state index is 8.49. The van der Waals surface area contributed by atoms with E-state index in [1.165, 1.54) is 5.56 Å². The first-order chi connectivity index (χ1) is 9.20. The third kappa shape index (κ3) is 5.68. The van der Waals surface area contributed by atoms with Crippen LogP contribution in [-0.4, -0.2) is 0 Å². The summed E-state index contributed by atoms with van der Waals surface area (Å²) in [6.07, 6.45) is 0. The summed E-state index contributed by atoms with van der Waals surface area (Å²) in [6, 6.07) is 10.5. The second-order valence-corrected chi connectivity index (χ2v) is 4.94. The molecule has 0 spiro atoms. The van der Waals surface area contributed by atoms with Crippen molar-refractivity contribution >= 4 is 0 Å². The van der Waals surface area contributed by atoms with E-state index in [0.29, 0.717) is 0 Å². The predicted octanol–water partition coefficient (Wildman–Crippen LogP) is -1.89. The number of aromatic nitrogens is 1. The molecule has 1 aromatic heterocycles. The van der Waals surface area contributed by atoms with Crippen molar-refractivity contribution < 1.29 is 38.1 Å². The molecule has 0 aliphatic carbocycles. The summed E-state index contributed by atoms with van der Waals surface area (Å²) < 4.78 is 41.6. The molecule has 1 aromatic carbocycles. The summed E-state index contributed by atoms with van der Waals surface area (Å²) in [6.45, 7) is 7.10. The van der Waals surface area contributed by atoms with Crippen LogP contribution in [-0.2, 0) is 6.54 Å². The molecule has 2 aromatic rings. The van der Waals surface area contributed by atoms with E-state index >= 15 is 0 Å². The normalized spacial score (nSPS) is 10.9. The van der Waals surface area contributed by atoms with Crippen molar-refractivity contribution in [3.63, 3.8) is 0 Å². The van der Waals surface area contributed by atoms with Gasteiger partial charge in [-0.1, -0.05) is 29.8 Å². The van der Waals surface area contributed by atoms with Gasteiger partial charge in [-0.2, -0.15) is 0 Å². The van der Waals surface area contributed by atoms with E-state index in [0.717, 1.165) is 23.6 Å². The standard InChI is InChI=1S/C13H16NO.ClHO4/c1-4-14-11(3)9-13(15-14)12-7-5-10(2)6-8-12;2-1(3,4)5/h5-9H,4H2,1-3H3;(H,2,3,4,5)/q+1;/p-1. The average molecular weight is 302 g/mol. The quantitative estimate of drug-likeness (QED) is 0.603. The number of nitrogens with zero attached hydrogens (tertiary/aromatic N) is 1. The fourth-order valence-corrected chi connectivity index (χ4v) is 1.65. The van der Waals surface area contributed by atoms with Crippen molar-refractivity contribution in [3.8, 4) is 11.3 Å². The number of hydrogen-bond acceptors (Lipinski definition) is 5. The van der Waals surface area contributed by atoms with Gasteiger partial charge >= 0.3 is 0 Å². The van der Waals surface area contributed by atoms with Crippen LogP contribution in [0.5, 0.6) is 0 Å². The second kappa shape index (κ2) is 6.83. The van der Waals surface area contributed by atoms with Gasteiger partial charge in [0.15, 0.2) is 6.54 Å². The Morgan fingerprint density at radius 1 is 1.05 bits per heavy atom. The Balaban J connectivity index is 0.000000347. The highest BCUT2D eigenvalue weighted by atomic mass is 35.7. The molecule has 0 radical (unpaired) electrons. The fraction of sp³-hybridized carbons (Fsp3) is 0.308. The molecule has 0 saturated heterocycles. The average Bonchev–Trinajstić information content (AvgIpc) is 2.69. The van der Waals surface area contributed by atoms with E-state index in [1.54, 1.807) is 0 Å².